The Morgan fingerprint density at radius 2 is 1.47 bits per heavy atom. The molecule has 5 rings (SSSR count). The van der Waals surface area contributed by atoms with E-state index in [0.29, 0.717) is 0 Å². The van der Waals surface area contributed by atoms with Gasteiger partial charge >= 0.3 is 0 Å². The fourth-order valence-electron chi connectivity index (χ4n) is 4.72. The van der Waals surface area contributed by atoms with Gasteiger partial charge in [0.05, 0.1) is 11.0 Å². The number of aryl methyl sites for hydroxylation is 2. The maximum absolute atomic E-state index is 4.71. The summed E-state index contributed by atoms with van der Waals surface area (Å²) in [5.74, 6) is 1.02. The van der Waals surface area contributed by atoms with E-state index in [1.165, 1.54) is 38.8 Å². The summed E-state index contributed by atoms with van der Waals surface area (Å²) < 4.78 is 4.68. The minimum absolute atomic E-state index is 0.0149. The zero-order valence-corrected chi connectivity index (χ0v) is 18.3. The van der Waals surface area contributed by atoms with Crippen molar-refractivity contribution in [3.8, 4) is 17.1 Å². The Kier molecular flexibility index (Phi) is 4.11. The van der Waals surface area contributed by atoms with Crippen LogP contribution < -0.4 is 0 Å². The molecule has 0 saturated heterocycles. The van der Waals surface area contributed by atoms with Crippen molar-refractivity contribution in [2.75, 3.05) is 0 Å². The highest BCUT2D eigenvalue weighted by atomic mass is 15.1. The van der Waals surface area contributed by atoms with Gasteiger partial charge in [0, 0.05) is 39.5 Å². The molecule has 0 atom stereocenters. The zero-order valence-electron chi connectivity index (χ0n) is 18.3. The Labute approximate surface area is 177 Å². The summed E-state index contributed by atoms with van der Waals surface area (Å²) in [6.45, 7) is 11.0. The minimum atomic E-state index is -0.0149. The van der Waals surface area contributed by atoms with Gasteiger partial charge in [-0.05, 0) is 76.6 Å². The number of para-hydroxylation sites is 1. The summed E-state index contributed by atoms with van der Waals surface area (Å²) >= 11 is 0. The van der Waals surface area contributed by atoms with E-state index in [0.717, 1.165) is 11.4 Å². The van der Waals surface area contributed by atoms with Crippen molar-refractivity contribution < 1.29 is 0 Å². The lowest BCUT2D eigenvalue weighted by molar-refractivity contribution is 0.394. The molecule has 0 N–H and O–H groups in total. The molecule has 0 unspecified atom stereocenters. The summed E-state index contributed by atoms with van der Waals surface area (Å²) in [5, 5.41) is 2.63. The highest BCUT2D eigenvalue weighted by Crippen LogP contribution is 2.34. The third kappa shape index (κ3) is 2.77. The standard InChI is InChI=1S/C27H27N3/c1-18-9-8-12-24-25(18)22-10-6-7-11-23(22)29(24)21-15-13-20(14-16-21)26-28-17-19(2)30(26)27(3,4)5/h6-17H,1-5H3. The van der Waals surface area contributed by atoms with E-state index >= 15 is 0 Å². The predicted octanol–water partition coefficient (Wildman–Crippen LogP) is 7.02. The Morgan fingerprint density at radius 3 is 2.20 bits per heavy atom. The van der Waals surface area contributed by atoms with Crippen molar-refractivity contribution >= 4 is 21.8 Å². The molecule has 5 aromatic rings. The van der Waals surface area contributed by atoms with Crippen LogP contribution in [0.3, 0.4) is 0 Å². The summed E-state index contributed by atoms with van der Waals surface area (Å²) in [5.41, 5.74) is 7.26. The lowest BCUT2D eigenvalue weighted by Crippen LogP contribution is -2.23. The monoisotopic (exact) mass is 393 g/mol. The number of benzene rings is 3. The first-order valence-corrected chi connectivity index (χ1v) is 10.5. The molecule has 3 heteroatoms. The number of hydrogen-bond acceptors (Lipinski definition) is 1. The molecule has 3 nitrogen and oxygen atoms in total. The quantitative estimate of drug-likeness (QED) is 0.316. The van der Waals surface area contributed by atoms with Crippen LogP contribution in [0.4, 0.5) is 0 Å². The van der Waals surface area contributed by atoms with Gasteiger partial charge in [-0.3, -0.25) is 0 Å². The lowest BCUT2D eigenvalue weighted by atomic mass is 10.1. The topological polar surface area (TPSA) is 22.8 Å². The average Bonchev–Trinajstić information content (AvgIpc) is 3.27. The predicted molar refractivity (Wildman–Crippen MR) is 126 cm³/mol. The molecule has 0 spiro atoms. The van der Waals surface area contributed by atoms with Crippen molar-refractivity contribution in [1.29, 1.82) is 0 Å². The largest absolute Gasteiger partial charge is 0.323 e. The molecule has 0 radical (unpaired) electrons. The Hall–Kier alpha value is -3.33. The lowest BCUT2D eigenvalue weighted by Gasteiger charge is -2.25. The van der Waals surface area contributed by atoms with Gasteiger partial charge in [-0.1, -0.05) is 30.3 Å². The molecule has 0 aliphatic carbocycles. The van der Waals surface area contributed by atoms with Crippen molar-refractivity contribution in [1.82, 2.24) is 14.1 Å². The number of fused-ring (bicyclic) bond motifs is 3. The minimum Gasteiger partial charge on any atom is -0.323 e. The Balaban J connectivity index is 1.70. The number of imidazole rings is 1. The molecule has 0 bridgehead atoms. The third-order valence-corrected chi connectivity index (χ3v) is 5.90. The average molecular weight is 394 g/mol. The SMILES string of the molecule is Cc1cccc2c1c1ccccc1n2-c1ccc(-c2ncc(C)n2C(C)(C)C)cc1. The fourth-order valence-corrected chi connectivity index (χ4v) is 4.72. The number of rotatable bonds is 2. The van der Waals surface area contributed by atoms with Crippen LogP contribution in [-0.4, -0.2) is 14.1 Å². The molecule has 0 saturated carbocycles. The van der Waals surface area contributed by atoms with Crippen LogP contribution in [0.15, 0.2) is 72.9 Å². The summed E-state index contributed by atoms with van der Waals surface area (Å²) in [7, 11) is 0. The van der Waals surface area contributed by atoms with E-state index in [2.05, 4.69) is 110 Å². The van der Waals surface area contributed by atoms with Gasteiger partial charge < -0.3 is 9.13 Å². The fraction of sp³-hybridized carbons (Fsp3) is 0.222. The maximum atomic E-state index is 4.71. The zero-order chi connectivity index (χ0) is 21.0. The Bertz CT molecular complexity index is 1380. The molecule has 0 amide bonds. The first-order chi connectivity index (χ1) is 14.4. The van der Waals surface area contributed by atoms with Crippen molar-refractivity contribution in [3.05, 3.63) is 84.2 Å². The van der Waals surface area contributed by atoms with E-state index in [1.807, 2.05) is 6.20 Å². The maximum Gasteiger partial charge on any atom is 0.140 e. The van der Waals surface area contributed by atoms with E-state index in [-0.39, 0.29) is 5.54 Å². The molecule has 0 aliphatic rings. The van der Waals surface area contributed by atoms with Crippen LogP contribution in [0.25, 0.3) is 38.9 Å². The van der Waals surface area contributed by atoms with E-state index < -0.39 is 0 Å². The second kappa shape index (κ2) is 6.60. The van der Waals surface area contributed by atoms with Crippen LogP contribution in [-0.2, 0) is 5.54 Å². The summed E-state index contributed by atoms with van der Waals surface area (Å²) in [4.78, 5) is 4.71. The smallest absolute Gasteiger partial charge is 0.140 e. The van der Waals surface area contributed by atoms with Gasteiger partial charge in [-0.25, -0.2) is 4.98 Å². The van der Waals surface area contributed by atoms with Crippen molar-refractivity contribution in [2.45, 2.75) is 40.2 Å². The van der Waals surface area contributed by atoms with Gasteiger partial charge in [-0.2, -0.15) is 0 Å². The van der Waals surface area contributed by atoms with Gasteiger partial charge in [-0.15, -0.1) is 0 Å². The molecule has 0 fully saturated rings. The highest BCUT2D eigenvalue weighted by molar-refractivity contribution is 6.10. The van der Waals surface area contributed by atoms with E-state index in [1.54, 1.807) is 0 Å². The van der Waals surface area contributed by atoms with Crippen LogP contribution in [0.5, 0.6) is 0 Å². The van der Waals surface area contributed by atoms with Crippen LogP contribution in [0, 0.1) is 13.8 Å². The number of nitrogens with zero attached hydrogens (tertiary/aromatic N) is 3. The van der Waals surface area contributed by atoms with Crippen LogP contribution in [0.2, 0.25) is 0 Å². The molecule has 30 heavy (non-hydrogen) atoms. The molecule has 0 aliphatic heterocycles. The number of aromatic nitrogens is 3. The first kappa shape index (κ1) is 18.7. The van der Waals surface area contributed by atoms with E-state index in [9.17, 15) is 0 Å². The second-order valence-electron chi connectivity index (χ2n) is 9.10. The normalized spacial score (nSPS) is 12.2. The van der Waals surface area contributed by atoms with Gasteiger partial charge in [0.15, 0.2) is 0 Å². The molecule has 150 valence electrons. The van der Waals surface area contributed by atoms with Crippen molar-refractivity contribution in [3.63, 3.8) is 0 Å². The molecule has 2 heterocycles. The first-order valence-electron chi connectivity index (χ1n) is 10.5. The van der Waals surface area contributed by atoms with Crippen LogP contribution in [0.1, 0.15) is 32.0 Å². The summed E-state index contributed by atoms with van der Waals surface area (Å²) in [6.07, 6.45) is 1.96. The number of hydrogen-bond donors (Lipinski definition) is 0. The third-order valence-electron chi connectivity index (χ3n) is 5.90. The summed E-state index contributed by atoms with van der Waals surface area (Å²) in [6, 6.07) is 24.0. The van der Waals surface area contributed by atoms with Crippen molar-refractivity contribution in [2.24, 2.45) is 0 Å². The van der Waals surface area contributed by atoms with Gasteiger partial charge in [0.2, 0.25) is 0 Å². The molecular formula is C27H27N3. The Morgan fingerprint density at radius 1 is 0.767 bits per heavy atom. The molecule has 3 aromatic carbocycles. The molecular weight excluding hydrogens is 366 g/mol. The molecule has 2 aromatic heterocycles. The van der Waals surface area contributed by atoms with Crippen LogP contribution >= 0.6 is 0 Å². The van der Waals surface area contributed by atoms with E-state index in [4.69, 9.17) is 4.98 Å². The van der Waals surface area contributed by atoms with Gasteiger partial charge in [0.25, 0.3) is 0 Å². The second-order valence-corrected chi connectivity index (χ2v) is 9.10. The van der Waals surface area contributed by atoms with Gasteiger partial charge in [0.1, 0.15) is 5.82 Å². The highest BCUT2D eigenvalue weighted by Gasteiger charge is 2.21.